The molecule has 0 saturated carbocycles. The van der Waals surface area contributed by atoms with Crippen LogP contribution in [0.2, 0.25) is 0 Å². The molecular formula is C18H19NO3. The van der Waals surface area contributed by atoms with Crippen molar-refractivity contribution in [2.45, 2.75) is 18.9 Å². The van der Waals surface area contributed by atoms with Crippen LogP contribution in [-0.4, -0.2) is 29.1 Å². The molecular weight excluding hydrogens is 278 g/mol. The van der Waals surface area contributed by atoms with E-state index in [4.69, 9.17) is 9.84 Å². The minimum atomic E-state index is -0.768. The van der Waals surface area contributed by atoms with Crippen molar-refractivity contribution in [3.63, 3.8) is 0 Å². The van der Waals surface area contributed by atoms with E-state index in [9.17, 15) is 4.79 Å². The minimum absolute atomic E-state index is 0.104. The third kappa shape index (κ3) is 3.46. The molecule has 0 bridgehead atoms. The summed E-state index contributed by atoms with van der Waals surface area (Å²) in [7, 11) is 0. The minimum Gasteiger partial charge on any atom is -0.480 e. The van der Waals surface area contributed by atoms with Gasteiger partial charge in [0.25, 0.3) is 0 Å². The van der Waals surface area contributed by atoms with Crippen LogP contribution in [0.4, 0.5) is 0 Å². The fourth-order valence-corrected chi connectivity index (χ4v) is 2.95. The molecule has 0 aromatic heterocycles. The molecule has 0 spiro atoms. The zero-order chi connectivity index (χ0) is 15.4. The fourth-order valence-electron chi connectivity index (χ4n) is 2.95. The summed E-state index contributed by atoms with van der Waals surface area (Å²) in [6.45, 7) is 0.951. The van der Waals surface area contributed by atoms with Gasteiger partial charge in [-0.2, -0.15) is 0 Å². The van der Waals surface area contributed by atoms with Crippen molar-refractivity contribution in [1.29, 1.82) is 0 Å². The molecule has 0 radical (unpaired) electrons. The maximum absolute atomic E-state index is 10.9. The first kappa shape index (κ1) is 14.6. The van der Waals surface area contributed by atoms with E-state index < -0.39 is 5.97 Å². The first-order valence-electron chi connectivity index (χ1n) is 7.51. The highest BCUT2D eigenvalue weighted by Gasteiger charge is 2.27. The van der Waals surface area contributed by atoms with Crippen LogP contribution in [0.3, 0.4) is 0 Å². The van der Waals surface area contributed by atoms with Gasteiger partial charge >= 0.3 is 5.97 Å². The SMILES string of the molecule is O=C(O)CN1CCCC1c1ccc(Oc2ccccc2)cc1. The summed E-state index contributed by atoms with van der Waals surface area (Å²) >= 11 is 0. The van der Waals surface area contributed by atoms with Crippen LogP contribution in [0.25, 0.3) is 0 Å². The predicted molar refractivity (Wildman–Crippen MR) is 84.1 cm³/mol. The summed E-state index contributed by atoms with van der Waals surface area (Å²) in [5, 5.41) is 8.99. The number of hydrogen-bond donors (Lipinski definition) is 1. The quantitative estimate of drug-likeness (QED) is 0.914. The summed E-state index contributed by atoms with van der Waals surface area (Å²) in [6.07, 6.45) is 2.05. The Kier molecular flexibility index (Phi) is 4.39. The van der Waals surface area contributed by atoms with Crippen molar-refractivity contribution in [3.05, 3.63) is 60.2 Å². The normalized spacial score (nSPS) is 18.3. The van der Waals surface area contributed by atoms with E-state index in [2.05, 4.69) is 0 Å². The number of nitrogens with zero attached hydrogens (tertiary/aromatic N) is 1. The maximum atomic E-state index is 10.9. The number of likely N-dealkylation sites (tertiary alicyclic amines) is 1. The van der Waals surface area contributed by atoms with Crippen molar-refractivity contribution < 1.29 is 14.6 Å². The molecule has 1 aliphatic heterocycles. The molecule has 22 heavy (non-hydrogen) atoms. The summed E-state index contributed by atoms with van der Waals surface area (Å²) in [5.41, 5.74) is 1.15. The van der Waals surface area contributed by atoms with Crippen molar-refractivity contribution >= 4 is 5.97 Å². The molecule has 4 heteroatoms. The second-order valence-corrected chi connectivity index (χ2v) is 5.51. The second-order valence-electron chi connectivity index (χ2n) is 5.51. The van der Waals surface area contributed by atoms with Crippen molar-refractivity contribution in [2.24, 2.45) is 0 Å². The van der Waals surface area contributed by atoms with Crippen LogP contribution in [-0.2, 0) is 4.79 Å². The number of hydrogen-bond acceptors (Lipinski definition) is 3. The van der Waals surface area contributed by atoms with Crippen LogP contribution in [0.1, 0.15) is 24.4 Å². The highest BCUT2D eigenvalue weighted by molar-refractivity contribution is 5.69. The van der Waals surface area contributed by atoms with Gasteiger partial charge in [0.1, 0.15) is 11.5 Å². The molecule has 1 atom stereocenters. The van der Waals surface area contributed by atoms with Gasteiger partial charge in [0.2, 0.25) is 0 Å². The van der Waals surface area contributed by atoms with Crippen LogP contribution in [0, 0.1) is 0 Å². The van der Waals surface area contributed by atoms with E-state index in [1.165, 1.54) is 0 Å². The number of rotatable bonds is 5. The molecule has 0 aliphatic carbocycles. The first-order valence-corrected chi connectivity index (χ1v) is 7.51. The standard InChI is InChI=1S/C18H19NO3/c20-18(21)13-19-12-4-7-17(19)14-8-10-16(11-9-14)22-15-5-2-1-3-6-15/h1-3,5-6,8-11,17H,4,7,12-13H2,(H,20,21). The molecule has 1 aliphatic rings. The Morgan fingerprint density at radius 3 is 2.45 bits per heavy atom. The van der Waals surface area contributed by atoms with Crippen molar-refractivity contribution in [1.82, 2.24) is 4.90 Å². The van der Waals surface area contributed by atoms with E-state index in [0.29, 0.717) is 0 Å². The molecule has 114 valence electrons. The van der Waals surface area contributed by atoms with Gasteiger partial charge < -0.3 is 9.84 Å². The number of benzene rings is 2. The molecule has 1 N–H and O–H groups in total. The van der Waals surface area contributed by atoms with Gasteiger partial charge in [0, 0.05) is 6.04 Å². The lowest BCUT2D eigenvalue weighted by atomic mass is 10.0. The topological polar surface area (TPSA) is 49.8 Å². The Morgan fingerprint density at radius 1 is 1.09 bits per heavy atom. The number of carboxylic acid groups (broad SMARTS) is 1. The monoisotopic (exact) mass is 297 g/mol. The van der Waals surface area contributed by atoms with Crippen LogP contribution in [0.5, 0.6) is 11.5 Å². The number of ether oxygens (including phenoxy) is 1. The van der Waals surface area contributed by atoms with E-state index in [-0.39, 0.29) is 12.6 Å². The zero-order valence-electron chi connectivity index (χ0n) is 12.3. The van der Waals surface area contributed by atoms with Gasteiger partial charge in [0.05, 0.1) is 6.54 Å². The van der Waals surface area contributed by atoms with Crippen molar-refractivity contribution in [3.8, 4) is 11.5 Å². The van der Waals surface area contributed by atoms with Crippen LogP contribution < -0.4 is 4.74 Å². The van der Waals surface area contributed by atoms with Gasteiger partial charge in [-0.1, -0.05) is 30.3 Å². The highest BCUT2D eigenvalue weighted by atomic mass is 16.5. The number of para-hydroxylation sites is 1. The zero-order valence-corrected chi connectivity index (χ0v) is 12.3. The maximum Gasteiger partial charge on any atom is 0.317 e. The third-order valence-electron chi connectivity index (χ3n) is 3.95. The van der Waals surface area contributed by atoms with Gasteiger partial charge in [-0.15, -0.1) is 0 Å². The Bertz CT molecular complexity index is 625. The van der Waals surface area contributed by atoms with Gasteiger partial charge in [-0.3, -0.25) is 9.69 Å². The largest absolute Gasteiger partial charge is 0.480 e. The average Bonchev–Trinajstić information content (AvgIpc) is 2.96. The lowest BCUT2D eigenvalue weighted by molar-refractivity contribution is -0.138. The summed E-state index contributed by atoms with van der Waals surface area (Å²) < 4.78 is 5.78. The number of carboxylic acids is 1. The Balaban J connectivity index is 1.70. The summed E-state index contributed by atoms with van der Waals surface area (Å²) in [4.78, 5) is 13.0. The summed E-state index contributed by atoms with van der Waals surface area (Å²) in [6, 6.07) is 17.8. The smallest absolute Gasteiger partial charge is 0.317 e. The first-order chi connectivity index (χ1) is 10.7. The van der Waals surface area contributed by atoms with Crippen LogP contribution >= 0.6 is 0 Å². The predicted octanol–water partition coefficient (Wildman–Crippen LogP) is 3.70. The van der Waals surface area contributed by atoms with Gasteiger partial charge in [-0.25, -0.2) is 0 Å². The molecule has 4 nitrogen and oxygen atoms in total. The molecule has 1 heterocycles. The Hall–Kier alpha value is -2.33. The highest BCUT2D eigenvalue weighted by Crippen LogP contribution is 2.33. The molecule has 1 fully saturated rings. The Morgan fingerprint density at radius 2 is 1.77 bits per heavy atom. The molecule has 2 aromatic rings. The lowest BCUT2D eigenvalue weighted by Gasteiger charge is -2.23. The molecule has 1 saturated heterocycles. The number of aliphatic carboxylic acids is 1. The molecule has 0 amide bonds. The van der Waals surface area contributed by atoms with Gasteiger partial charge in [0.15, 0.2) is 0 Å². The van der Waals surface area contributed by atoms with Crippen LogP contribution in [0.15, 0.2) is 54.6 Å². The molecule has 3 rings (SSSR count). The Labute approximate surface area is 130 Å². The van der Waals surface area contributed by atoms with E-state index in [1.54, 1.807) is 0 Å². The van der Waals surface area contributed by atoms with E-state index in [1.807, 2.05) is 59.5 Å². The van der Waals surface area contributed by atoms with Crippen molar-refractivity contribution in [2.75, 3.05) is 13.1 Å². The van der Waals surface area contributed by atoms with E-state index in [0.717, 1.165) is 36.4 Å². The van der Waals surface area contributed by atoms with Gasteiger partial charge in [-0.05, 0) is 49.2 Å². The number of carbonyl (C=O) groups is 1. The third-order valence-corrected chi connectivity index (χ3v) is 3.95. The average molecular weight is 297 g/mol. The fraction of sp³-hybridized carbons (Fsp3) is 0.278. The molecule has 2 aromatic carbocycles. The van der Waals surface area contributed by atoms with E-state index >= 15 is 0 Å². The summed E-state index contributed by atoms with van der Waals surface area (Å²) in [5.74, 6) is 0.831. The molecule has 1 unspecified atom stereocenters. The lowest BCUT2D eigenvalue weighted by Crippen LogP contribution is -2.29. The second kappa shape index (κ2) is 6.62.